The van der Waals surface area contributed by atoms with Crippen molar-refractivity contribution in [1.29, 1.82) is 0 Å². The van der Waals surface area contributed by atoms with Gasteiger partial charge in [0.05, 0.1) is 4.90 Å². The molecule has 0 spiro atoms. The van der Waals surface area contributed by atoms with E-state index in [1.54, 1.807) is 12.1 Å². The third-order valence-electron chi connectivity index (χ3n) is 6.78. The predicted molar refractivity (Wildman–Crippen MR) is 128 cm³/mol. The molecule has 2 saturated heterocycles. The highest BCUT2D eigenvalue weighted by atomic mass is 32.2. The fourth-order valence-corrected chi connectivity index (χ4v) is 5.47. The molecule has 2 aliphatic heterocycles. The molecule has 6 rings (SSSR count). The maximum Gasteiger partial charge on any atom is 0.294 e. The Balaban J connectivity index is 0.000000177. The van der Waals surface area contributed by atoms with Crippen LogP contribution in [0.2, 0.25) is 0 Å². The number of aryl methyl sites for hydroxylation is 1. The van der Waals surface area contributed by atoms with Crippen LogP contribution in [0.5, 0.6) is 0 Å². The second kappa shape index (κ2) is 8.41. The molecular weight excluding hydrogens is 436 g/mol. The fraction of sp³-hybridized carbons (Fsp3) is 0.269. The molecule has 1 aliphatic carbocycles. The Morgan fingerprint density at radius 3 is 2.09 bits per heavy atom. The minimum atomic E-state index is -4.02. The Labute approximate surface area is 194 Å². The van der Waals surface area contributed by atoms with Gasteiger partial charge in [-0.3, -0.25) is 9.35 Å². The van der Waals surface area contributed by atoms with Crippen molar-refractivity contribution in [3.8, 4) is 11.1 Å². The number of hydrogen-bond acceptors (Lipinski definition) is 5. The molecule has 6 nitrogen and oxygen atoms in total. The predicted octanol–water partition coefficient (Wildman–Crippen LogP) is 3.80. The van der Waals surface area contributed by atoms with Crippen LogP contribution in [0.15, 0.2) is 71.6 Å². The smallest absolute Gasteiger partial charge is 0.294 e. The van der Waals surface area contributed by atoms with Gasteiger partial charge in [0.15, 0.2) is 5.78 Å². The standard InChI is InChI=1S/C19H18N2O.C7H8O3S/c22-19-17-4-2-1-3-15(17)16-6-5-14(7-18(16)19)21-10-12-8-20-9-13(12)11-21;1-6-2-4-7(5-3-6)11(8,9)10/h1-7,12-13,20H,8-11H2;2-5H,1H3,(H,8,9,10). The molecule has 2 atom stereocenters. The topological polar surface area (TPSA) is 86.7 Å². The molecule has 3 aromatic carbocycles. The van der Waals surface area contributed by atoms with E-state index in [-0.39, 0.29) is 10.7 Å². The molecule has 2 unspecified atom stereocenters. The number of benzene rings is 3. The normalized spacial score (nSPS) is 20.7. The van der Waals surface area contributed by atoms with Gasteiger partial charge in [0.25, 0.3) is 10.1 Å². The molecule has 2 heterocycles. The summed E-state index contributed by atoms with van der Waals surface area (Å²) in [6, 6.07) is 20.3. The SMILES string of the molecule is Cc1ccc(S(=O)(=O)O)cc1.O=C1c2ccccc2-c2ccc(N3CC4CNCC4C3)cc21. The second-order valence-electron chi connectivity index (χ2n) is 8.98. The van der Waals surface area contributed by atoms with Crippen LogP contribution in [0.25, 0.3) is 11.1 Å². The Kier molecular flexibility index (Phi) is 5.56. The maximum absolute atomic E-state index is 12.6. The van der Waals surface area contributed by atoms with Crippen LogP contribution in [-0.2, 0) is 10.1 Å². The van der Waals surface area contributed by atoms with Gasteiger partial charge < -0.3 is 10.2 Å². The van der Waals surface area contributed by atoms with Gasteiger partial charge in [-0.1, -0.05) is 48.0 Å². The van der Waals surface area contributed by atoms with Gasteiger partial charge in [-0.15, -0.1) is 0 Å². The summed E-state index contributed by atoms with van der Waals surface area (Å²) < 4.78 is 29.6. The van der Waals surface area contributed by atoms with Crippen molar-refractivity contribution in [2.24, 2.45) is 11.8 Å². The van der Waals surface area contributed by atoms with E-state index < -0.39 is 10.1 Å². The zero-order valence-electron chi connectivity index (χ0n) is 18.4. The zero-order valence-corrected chi connectivity index (χ0v) is 19.2. The minimum absolute atomic E-state index is 0.0666. The molecule has 2 fully saturated rings. The van der Waals surface area contributed by atoms with Gasteiger partial charge >= 0.3 is 0 Å². The molecular formula is C26H26N2O4S. The van der Waals surface area contributed by atoms with Gasteiger partial charge in [-0.2, -0.15) is 8.42 Å². The first-order valence-electron chi connectivity index (χ1n) is 11.1. The van der Waals surface area contributed by atoms with E-state index in [0.29, 0.717) is 0 Å². The van der Waals surface area contributed by atoms with Crippen molar-refractivity contribution >= 4 is 21.6 Å². The quantitative estimate of drug-likeness (QED) is 0.441. The van der Waals surface area contributed by atoms with Gasteiger partial charge in [0.1, 0.15) is 0 Å². The van der Waals surface area contributed by atoms with E-state index in [4.69, 9.17) is 4.55 Å². The van der Waals surface area contributed by atoms with Gasteiger partial charge in [0.2, 0.25) is 0 Å². The van der Waals surface area contributed by atoms with Crippen LogP contribution in [0.1, 0.15) is 21.5 Å². The molecule has 7 heteroatoms. The largest absolute Gasteiger partial charge is 0.371 e. The van der Waals surface area contributed by atoms with Gasteiger partial charge in [0, 0.05) is 43.0 Å². The van der Waals surface area contributed by atoms with Crippen molar-refractivity contribution in [2.45, 2.75) is 11.8 Å². The van der Waals surface area contributed by atoms with E-state index in [1.165, 1.54) is 17.8 Å². The zero-order chi connectivity index (χ0) is 23.2. The number of anilines is 1. The number of carbonyl (C=O) groups is 1. The highest BCUT2D eigenvalue weighted by Gasteiger charge is 2.36. The lowest BCUT2D eigenvalue weighted by atomic mass is 10.0. The second-order valence-corrected chi connectivity index (χ2v) is 10.4. The Hall–Kier alpha value is -3.00. The van der Waals surface area contributed by atoms with Crippen LogP contribution in [0.3, 0.4) is 0 Å². The van der Waals surface area contributed by atoms with Crippen LogP contribution < -0.4 is 10.2 Å². The molecule has 3 aromatic rings. The van der Waals surface area contributed by atoms with Crippen molar-refractivity contribution in [3.05, 3.63) is 83.4 Å². The van der Waals surface area contributed by atoms with E-state index >= 15 is 0 Å². The van der Waals surface area contributed by atoms with Crippen molar-refractivity contribution in [2.75, 3.05) is 31.1 Å². The lowest BCUT2D eigenvalue weighted by Crippen LogP contribution is -2.25. The summed E-state index contributed by atoms with van der Waals surface area (Å²) in [4.78, 5) is 15.0. The molecule has 33 heavy (non-hydrogen) atoms. The number of nitrogens with one attached hydrogen (secondary N) is 1. The van der Waals surface area contributed by atoms with Gasteiger partial charge in [-0.05, 0) is 54.2 Å². The van der Waals surface area contributed by atoms with E-state index in [0.717, 1.165) is 65.8 Å². The number of nitrogens with zero attached hydrogens (tertiary/aromatic N) is 1. The summed E-state index contributed by atoms with van der Waals surface area (Å²) >= 11 is 0. The summed E-state index contributed by atoms with van der Waals surface area (Å²) in [6.07, 6.45) is 0. The molecule has 3 aliphatic rings. The summed E-state index contributed by atoms with van der Waals surface area (Å²) in [5.74, 6) is 1.70. The van der Waals surface area contributed by atoms with E-state index in [2.05, 4.69) is 28.4 Å². The number of rotatable bonds is 2. The number of hydrogen-bond donors (Lipinski definition) is 2. The highest BCUT2D eigenvalue weighted by Crippen LogP contribution is 2.39. The molecule has 0 saturated carbocycles. The summed E-state index contributed by atoms with van der Waals surface area (Å²) in [7, 11) is -4.02. The molecule has 170 valence electrons. The lowest BCUT2D eigenvalue weighted by Gasteiger charge is -2.20. The number of ketones is 1. The van der Waals surface area contributed by atoms with Crippen molar-refractivity contribution < 1.29 is 17.8 Å². The third kappa shape index (κ3) is 4.19. The third-order valence-corrected chi connectivity index (χ3v) is 7.65. The molecule has 0 radical (unpaired) electrons. The van der Waals surface area contributed by atoms with E-state index in [1.807, 2.05) is 31.2 Å². The van der Waals surface area contributed by atoms with Crippen molar-refractivity contribution in [1.82, 2.24) is 5.32 Å². The lowest BCUT2D eigenvalue weighted by molar-refractivity contribution is 0.104. The number of fused-ring (bicyclic) bond motifs is 4. The summed E-state index contributed by atoms with van der Waals surface area (Å²) in [5, 5.41) is 3.48. The van der Waals surface area contributed by atoms with E-state index in [9.17, 15) is 13.2 Å². The fourth-order valence-electron chi connectivity index (χ4n) is 4.99. The first kappa shape index (κ1) is 21.8. The molecule has 0 amide bonds. The highest BCUT2D eigenvalue weighted by molar-refractivity contribution is 7.85. The van der Waals surface area contributed by atoms with Crippen molar-refractivity contribution in [3.63, 3.8) is 0 Å². The minimum Gasteiger partial charge on any atom is -0.371 e. The summed E-state index contributed by atoms with van der Waals surface area (Å²) in [5.41, 5.74) is 6.04. The van der Waals surface area contributed by atoms with Gasteiger partial charge in [-0.25, -0.2) is 0 Å². The average molecular weight is 463 g/mol. The Morgan fingerprint density at radius 2 is 1.45 bits per heavy atom. The summed E-state index contributed by atoms with van der Waals surface area (Å²) in [6.45, 7) is 6.33. The Bertz CT molecular complexity index is 1310. The monoisotopic (exact) mass is 462 g/mol. The first-order valence-corrected chi connectivity index (χ1v) is 12.5. The van der Waals surface area contributed by atoms with Crippen LogP contribution >= 0.6 is 0 Å². The average Bonchev–Trinajstić information content (AvgIpc) is 3.47. The Morgan fingerprint density at radius 1 is 0.848 bits per heavy atom. The van der Waals surface area contributed by atoms with Crippen LogP contribution in [0, 0.1) is 18.8 Å². The molecule has 0 aromatic heterocycles. The van der Waals surface area contributed by atoms with Crippen LogP contribution in [-0.4, -0.2) is 44.9 Å². The number of carbonyl (C=O) groups excluding carboxylic acids is 1. The maximum atomic E-state index is 12.6. The molecule has 0 bridgehead atoms. The van der Waals surface area contributed by atoms with Crippen LogP contribution in [0.4, 0.5) is 5.69 Å². The molecule has 2 N–H and O–H groups in total. The first-order chi connectivity index (χ1) is 15.8.